The molecule has 338 valence electrons. The van der Waals surface area contributed by atoms with Crippen LogP contribution in [-0.2, 0) is 28.7 Å². The molecule has 0 N–H and O–H groups in total. The Bertz CT molecular complexity index is 1540. The standard InChI is InChI=1S/C13H18O.C12H22O2.2C10H16O.C9H14O/c1-5-7-11(14)12-10(2)8-6-9-13(12,3)4;1-11(2)5-4-6-12(3)7-9-14-10-8-13;1-7-4-8(2)9(3)10(5-7)6-11;1-7-4-8(2)10(6-11)9(3)5-7;1-7-3-4-9(6-10)8(2)5-7/h5-8H,9H2,1-4H3;5,8,12H,4,6-7,9-10H2,1-3H3;2*4,6,8-10H,5H2,1-3H3;5-6,8-9H,3-4H2,1-2H3. The number of ketones is 1. The van der Waals surface area contributed by atoms with Gasteiger partial charge >= 0.3 is 0 Å². The van der Waals surface area contributed by atoms with E-state index in [0.29, 0.717) is 42.1 Å². The summed E-state index contributed by atoms with van der Waals surface area (Å²) in [6.07, 6.45) is 29.3. The van der Waals surface area contributed by atoms with Crippen molar-refractivity contribution in [2.24, 2.45) is 58.7 Å². The van der Waals surface area contributed by atoms with Crippen LogP contribution in [0, 0.1) is 58.7 Å². The molecule has 0 spiro atoms. The zero-order valence-electron chi connectivity index (χ0n) is 40.6. The fourth-order valence-electron chi connectivity index (χ4n) is 8.57. The van der Waals surface area contributed by atoms with Crippen molar-refractivity contribution >= 4 is 30.9 Å². The Morgan fingerprint density at radius 1 is 0.817 bits per heavy atom. The molecule has 0 aromatic rings. The molecule has 4 aliphatic rings. The lowest BCUT2D eigenvalue weighted by Gasteiger charge is -2.29. The van der Waals surface area contributed by atoms with Gasteiger partial charge in [0.15, 0.2) is 5.78 Å². The Morgan fingerprint density at radius 2 is 1.42 bits per heavy atom. The highest BCUT2D eigenvalue weighted by Crippen LogP contribution is 2.37. The summed E-state index contributed by atoms with van der Waals surface area (Å²) in [4.78, 5) is 53.5. The number of carbonyl (C=O) groups is 5. The number of hydrogen-bond donors (Lipinski definition) is 0. The predicted octanol–water partition coefficient (Wildman–Crippen LogP) is 13.4. The van der Waals surface area contributed by atoms with Gasteiger partial charge in [0.2, 0.25) is 0 Å². The van der Waals surface area contributed by atoms with Crippen LogP contribution >= 0.6 is 0 Å². The molecule has 6 heteroatoms. The molecule has 4 rings (SSSR count). The molecule has 0 fully saturated rings. The second-order valence-corrected chi connectivity index (χ2v) is 19.1. The third kappa shape index (κ3) is 22.4. The van der Waals surface area contributed by atoms with Crippen molar-refractivity contribution in [2.75, 3.05) is 13.2 Å². The SMILES string of the molecule is CC(C)=CCCC(C)CCOCC=O.CC1=CC(C)C(C)C(C=O)C1.CC1=CC(C)C(C=O)C(C)C1.CC1=CC(C)C(C=O)CC1.CC=CC(=O)C1=C(C)C=CCC1(C)C. The molecule has 0 aromatic heterocycles. The van der Waals surface area contributed by atoms with Crippen LogP contribution in [0.3, 0.4) is 0 Å². The Labute approximate surface area is 367 Å². The summed E-state index contributed by atoms with van der Waals surface area (Å²) in [5.41, 5.74) is 7.66. The van der Waals surface area contributed by atoms with E-state index in [2.05, 4.69) is 120 Å². The van der Waals surface area contributed by atoms with Crippen molar-refractivity contribution in [1.29, 1.82) is 0 Å². The minimum absolute atomic E-state index is 0.0184. The maximum absolute atomic E-state index is 11.8. The van der Waals surface area contributed by atoms with Crippen LogP contribution in [0.1, 0.15) is 155 Å². The smallest absolute Gasteiger partial charge is 0.182 e. The van der Waals surface area contributed by atoms with Gasteiger partial charge in [0.05, 0.1) is 0 Å². The molecular formula is C54H86O6. The third-order valence-electron chi connectivity index (χ3n) is 12.5. The normalized spacial score (nSPS) is 27.1. The van der Waals surface area contributed by atoms with E-state index in [-0.39, 0.29) is 35.6 Å². The number of rotatable bonds is 13. The predicted molar refractivity (Wildman–Crippen MR) is 254 cm³/mol. The first-order valence-corrected chi connectivity index (χ1v) is 22.8. The fourth-order valence-corrected chi connectivity index (χ4v) is 8.57. The van der Waals surface area contributed by atoms with Gasteiger partial charge in [0.1, 0.15) is 31.8 Å². The number of hydrogen-bond acceptors (Lipinski definition) is 6. The van der Waals surface area contributed by atoms with Crippen molar-refractivity contribution in [3.8, 4) is 0 Å². The van der Waals surface area contributed by atoms with Crippen molar-refractivity contribution in [1.82, 2.24) is 0 Å². The molecule has 0 radical (unpaired) electrons. The molecule has 0 saturated heterocycles. The van der Waals surface area contributed by atoms with Crippen molar-refractivity contribution in [3.05, 3.63) is 82.0 Å². The average molecular weight is 831 g/mol. The summed E-state index contributed by atoms with van der Waals surface area (Å²) in [6, 6.07) is 0. The van der Waals surface area contributed by atoms with Gasteiger partial charge in [-0.05, 0) is 152 Å². The van der Waals surface area contributed by atoms with Gasteiger partial charge in [-0.2, -0.15) is 0 Å². The largest absolute Gasteiger partial charge is 0.374 e. The Balaban J connectivity index is 0.000000729. The van der Waals surface area contributed by atoms with Crippen molar-refractivity contribution in [2.45, 2.75) is 155 Å². The summed E-state index contributed by atoms with van der Waals surface area (Å²) in [6.45, 7) is 32.7. The third-order valence-corrected chi connectivity index (χ3v) is 12.5. The van der Waals surface area contributed by atoms with Crippen molar-refractivity contribution < 1.29 is 28.7 Å². The molecule has 0 heterocycles. The maximum Gasteiger partial charge on any atom is 0.182 e. The van der Waals surface area contributed by atoms with Gasteiger partial charge in [-0.15, -0.1) is 0 Å². The minimum atomic E-state index is -0.0184. The van der Waals surface area contributed by atoms with Gasteiger partial charge < -0.3 is 23.9 Å². The average Bonchev–Trinajstić information content (AvgIpc) is 3.15. The second kappa shape index (κ2) is 30.5. The van der Waals surface area contributed by atoms with E-state index in [4.69, 9.17) is 4.74 Å². The van der Waals surface area contributed by atoms with Crippen LogP contribution in [0.4, 0.5) is 0 Å². The zero-order valence-corrected chi connectivity index (χ0v) is 40.6. The molecule has 60 heavy (non-hydrogen) atoms. The fraction of sp³-hybridized carbons (Fsp3) is 0.648. The van der Waals surface area contributed by atoms with E-state index in [9.17, 15) is 24.0 Å². The summed E-state index contributed by atoms with van der Waals surface area (Å²) in [5.74, 6) is 4.15. The Morgan fingerprint density at radius 3 is 1.93 bits per heavy atom. The monoisotopic (exact) mass is 831 g/mol. The van der Waals surface area contributed by atoms with Gasteiger partial charge in [0.25, 0.3) is 0 Å². The second-order valence-electron chi connectivity index (χ2n) is 19.1. The zero-order chi connectivity index (χ0) is 46.0. The van der Waals surface area contributed by atoms with Crippen LogP contribution in [0.15, 0.2) is 82.0 Å². The van der Waals surface area contributed by atoms with Gasteiger partial charge in [-0.3, -0.25) is 4.79 Å². The van der Waals surface area contributed by atoms with E-state index < -0.39 is 0 Å². The van der Waals surface area contributed by atoms with E-state index in [0.717, 1.165) is 81.2 Å². The number of aldehydes is 4. The number of carbonyl (C=O) groups excluding carboxylic acids is 5. The molecule has 0 aliphatic heterocycles. The molecule has 9 unspecified atom stereocenters. The summed E-state index contributed by atoms with van der Waals surface area (Å²) in [7, 11) is 0. The van der Waals surface area contributed by atoms with Crippen molar-refractivity contribution in [3.63, 3.8) is 0 Å². The summed E-state index contributed by atoms with van der Waals surface area (Å²) >= 11 is 0. The topological polar surface area (TPSA) is 94.6 Å². The van der Waals surface area contributed by atoms with Crippen LogP contribution in [0.5, 0.6) is 0 Å². The highest BCUT2D eigenvalue weighted by Gasteiger charge is 2.30. The lowest BCUT2D eigenvalue weighted by Crippen LogP contribution is -2.24. The molecule has 0 saturated carbocycles. The van der Waals surface area contributed by atoms with Gasteiger partial charge in [0, 0.05) is 29.9 Å². The highest BCUT2D eigenvalue weighted by molar-refractivity contribution is 6.05. The first-order valence-electron chi connectivity index (χ1n) is 22.8. The van der Waals surface area contributed by atoms with E-state index in [1.54, 1.807) is 12.2 Å². The van der Waals surface area contributed by atoms with Gasteiger partial charge in [-0.25, -0.2) is 0 Å². The van der Waals surface area contributed by atoms with Crippen LogP contribution < -0.4 is 0 Å². The highest BCUT2D eigenvalue weighted by atomic mass is 16.5. The van der Waals surface area contributed by atoms with E-state index in [1.807, 2.05) is 19.9 Å². The van der Waals surface area contributed by atoms with E-state index >= 15 is 0 Å². The van der Waals surface area contributed by atoms with E-state index in [1.165, 1.54) is 28.7 Å². The van der Waals surface area contributed by atoms with Crippen LogP contribution in [0.2, 0.25) is 0 Å². The molecule has 0 bridgehead atoms. The summed E-state index contributed by atoms with van der Waals surface area (Å²) in [5, 5.41) is 0. The number of allylic oxidation sites excluding steroid dienone is 14. The van der Waals surface area contributed by atoms with Gasteiger partial charge in [-0.1, -0.05) is 120 Å². The minimum Gasteiger partial charge on any atom is -0.374 e. The maximum atomic E-state index is 11.8. The molecule has 6 nitrogen and oxygen atoms in total. The van der Waals surface area contributed by atoms with Crippen LogP contribution in [0.25, 0.3) is 0 Å². The Kier molecular flexibility index (Phi) is 28.7. The lowest BCUT2D eigenvalue weighted by molar-refractivity contribution is -0.114. The lowest BCUT2D eigenvalue weighted by atomic mass is 9.74. The Hall–Kier alpha value is -3.51. The quantitative estimate of drug-likeness (QED) is 0.0794. The molecule has 0 aromatic carbocycles. The first kappa shape index (κ1) is 56.5. The molecule has 0 amide bonds. The molecular weight excluding hydrogens is 745 g/mol. The van der Waals surface area contributed by atoms with Crippen LogP contribution in [-0.4, -0.2) is 44.1 Å². The summed E-state index contributed by atoms with van der Waals surface area (Å²) < 4.78 is 5.10. The first-order chi connectivity index (χ1) is 28.2. The molecule has 4 aliphatic carbocycles. The number of ether oxygens (including phenoxy) is 1. The molecule has 9 atom stereocenters.